The summed E-state index contributed by atoms with van der Waals surface area (Å²) in [7, 11) is 5.04. The molecule has 0 amide bonds. The van der Waals surface area contributed by atoms with E-state index in [1.54, 1.807) is 21.3 Å². The first kappa shape index (κ1) is 19.7. The highest BCUT2D eigenvalue weighted by Crippen LogP contribution is 2.38. The second-order valence-corrected chi connectivity index (χ2v) is 7.51. The summed E-state index contributed by atoms with van der Waals surface area (Å²) in [5.41, 5.74) is 2.96. The predicted molar refractivity (Wildman–Crippen MR) is 119 cm³/mol. The Morgan fingerprint density at radius 2 is 1.97 bits per heavy atom. The molecule has 0 unspecified atom stereocenters. The monoisotopic (exact) mass is 422 g/mol. The Morgan fingerprint density at radius 1 is 1.10 bits per heavy atom. The van der Waals surface area contributed by atoms with Gasteiger partial charge in [-0.25, -0.2) is 9.98 Å². The molecule has 2 aliphatic rings. The number of rotatable bonds is 6. The molecule has 9 heteroatoms. The first-order valence-corrected chi connectivity index (χ1v) is 10.2. The van der Waals surface area contributed by atoms with Crippen molar-refractivity contribution in [2.24, 2.45) is 4.99 Å². The molecular weight excluding hydrogens is 396 g/mol. The van der Waals surface area contributed by atoms with Gasteiger partial charge in [0.05, 0.1) is 45.2 Å². The molecule has 31 heavy (non-hydrogen) atoms. The summed E-state index contributed by atoms with van der Waals surface area (Å²) in [4.78, 5) is 14.1. The van der Waals surface area contributed by atoms with E-state index in [-0.39, 0.29) is 6.17 Å². The second kappa shape index (κ2) is 8.09. The highest BCUT2D eigenvalue weighted by atomic mass is 16.5. The first-order valence-electron chi connectivity index (χ1n) is 10.2. The van der Waals surface area contributed by atoms with Gasteiger partial charge in [-0.05, 0) is 24.3 Å². The first-order chi connectivity index (χ1) is 15.2. The Labute approximate surface area is 180 Å². The van der Waals surface area contributed by atoms with Crippen LogP contribution in [0, 0.1) is 0 Å². The molecule has 2 aliphatic heterocycles. The van der Waals surface area contributed by atoms with E-state index in [0.717, 1.165) is 46.5 Å². The summed E-state index contributed by atoms with van der Waals surface area (Å²) < 4.78 is 18.6. The van der Waals surface area contributed by atoms with E-state index >= 15 is 0 Å². The van der Waals surface area contributed by atoms with Gasteiger partial charge < -0.3 is 19.5 Å². The molecule has 0 spiro atoms. The maximum absolute atomic E-state index is 5.71. The van der Waals surface area contributed by atoms with Gasteiger partial charge in [-0.1, -0.05) is 12.1 Å². The molecule has 2 aromatic carbocycles. The Morgan fingerprint density at radius 3 is 2.77 bits per heavy atom. The molecule has 1 N–H and O–H groups in total. The highest BCUT2D eigenvalue weighted by Gasteiger charge is 2.36. The van der Waals surface area contributed by atoms with Crippen molar-refractivity contribution >= 4 is 22.9 Å². The maximum Gasteiger partial charge on any atom is 0.216 e. The van der Waals surface area contributed by atoms with E-state index in [1.807, 2.05) is 36.4 Å². The fraction of sp³-hybridized carbons (Fsp3) is 0.364. The summed E-state index contributed by atoms with van der Waals surface area (Å²) in [6.45, 7) is 2.76. The van der Waals surface area contributed by atoms with E-state index in [1.165, 1.54) is 0 Å². The Balaban J connectivity index is 1.63. The van der Waals surface area contributed by atoms with Gasteiger partial charge in [0.1, 0.15) is 17.7 Å². The number of imidazole rings is 1. The molecule has 3 aromatic rings. The number of ether oxygens (including phenoxy) is 3. The van der Waals surface area contributed by atoms with Crippen molar-refractivity contribution in [3.05, 3.63) is 48.0 Å². The molecule has 0 saturated carbocycles. The van der Waals surface area contributed by atoms with Gasteiger partial charge in [0.15, 0.2) is 0 Å². The molecule has 5 rings (SSSR count). The Bertz CT molecular complexity index is 1130. The number of benzene rings is 2. The second-order valence-electron chi connectivity index (χ2n) is 7.51. The number of methoxy groups -OCH3 is 3. The minimum absolute atomic E-state index is 0.219. The van der Waals surface area contributed by atoms with Gasteiger partial charge in [-0.15, -0.1) is 0 Å². The fourth-order valence-electron chi connectivity index (χ4n) is 4.13. The van der Waals surface area contributed by atoms with Gasteiger partial charge in [0, 0.05) is 25.3 Å². The number of nitrogens with zero attached hydrogens (tertiary/aromatic N) is 5. The summed E-state index contributed by atoms with van der Waals surface area (Å²) in [6.07, 6.45) is -0.219. The third-order valence-electron chi connectivity index (χ3n) is 5.71. The van der Waals surface area contributed by atoms with Gasteiger partial charge in [0.25, 0.3) is 0 Å². The molecule has 1 aromatic heterocycles. The zero-order valence-electron chi connectivity index (χ0n) is 17.9. The zero-order chi connectivity index (χ0) is 21.4. The van der Waals surface area contributed by atoms with Crippen molar-refractivity contribution in [3.63, 3.8) is 0 Å². The van der Waals surface area contributed by atoms with Crippen molar-refractivity contribution in [2.75, 3.05) is 52.7 Å². The average Bonchev–Trinajstić information content (AvgIpc) is 3.22. The van der Waals surface area contributed by atoms with E-state index in [0.29, 0.717) is 19.9 Å². The smallest absolute Gasteiger partial charge is 0.216 e. The van der Waals surface area contributed by atoms with Crippen LogP contribution >= 0.6 is 0 Å². The van der Waals surface area contributed by atoms with Crippen molar-refractivity contribution in [1.82, 2.24) is 19.8 Å². The van der Waals surface area contributed by atoms with Crippen LogP contribution in [-0.2, 0) is 4.74 Å². The van der Waals surface area contributed by atoms with Crippen LogP contribution in [0.5, 0.6) is 11.5 Å². The van der Waals surface area contributed by atoms with Crippen LogP contribution in [0.2, 0.25) is 0 Å². The number of aromatic nitrogens is 2. The zero-order valence-corrected chi connectivity index (χ0v) is 17.9. The SMILES string of the molecule is COCCN1CN=C2N[C@H](c3ccc(OC)cc3OC)n3c(nc4ccccc43)N2C1. The fourth-order valence-corrected chi connectivity index (χ4v) is 4.13. The van der Waals surface area contributed by atoms with Crippen molar-refractivity contribution < 1.29 is 14.2 Å². The number of anilines is 1. The van der Waals surface area contributed by atoms with E-state index in [2.05, 4.69) is 25.8 Å². The molecule has 162 valence electrons. The van der Waals surface area contributed by atoms with Crippen molar-refractivity contribution in [3.8, 4) is 11.5 Å². The third kappa shape index (κ3) is 3.35. The van der Waals surface area contributed by atoms with Gasteiger partial charge in [0.2, 0.25) is 11.9 Å². The quantitative estimate of drug-likeness (QED) is 0.653. The molecule has 0 radical (unpaired) electrons. The van der Waals surface area contributed by atoms with E-state index in [4.69, 9.17) is 24.2 Å². The molecule has 0 saturated heterocycles. The molecule has 1 atom stereocenters. The number of hydrogen-bond donors (Lipinski definition) is 1. The van der Waals surface area contributed by atoms with Crippen LogP contribution in [-0.4, -0.2) is 68.2 Å². The summed E-state index contributed by atoms with van der Waals surface area (Å²) >= 11 is 0. The number of hydrogen-bond acceptors (Lipinski definition) is 8. The number of nitrogens with one attached hydrogen (secondary N) is 1. The van der Waals surface area contributed by atoms with Crippen LogP contribution in [0.15, 0.2) is 47.5 Å². The standard InChI is InChI=1S/C22H26N6O3/c1-29-11-10-26-13-23-21-25-20(16-9-8-15(30-2)12-19(16)31-3)28-18-7-5-4-6-17(18)24-22(28)27(21)14-26/h4-9,12,20H,10-11,13-14H2,1-3H3,(H,23,25)/t20-/m0/s1. The lowest BCUT2D eigenvalue weighted by Crippen LogP contribution is -2.57. The molecule has 9 nitrogen and oxygen atoms in total. The minimum Gasteiger partial charge on any atom is -0.497 e. The highest BCUT2D eigenvalue weighted by molar-refractivity contribution is 5.99. The maximum atomic E-state index is 5.71. The average molecular weight is 422 g/mol. The molecule has 0 fully saturated rings. The Hall–Kier alpha value is -3.30. The molecule has 3 heterocycles. The normalized spacial score (nSPS) is 18.2. The minimum atomic E-state index is -0.219. The molecule has 0 aliphatic carbocycles. The summed E-state index contributed by atoms with van der Waals surface area (Å²) in [6, 6.07) is 14.0. The third-order valence-corrected chi connectivity index (χ3v) is 5.71. The predicted octanol–water partition coefficient (Wildman–Crippen LogP) is 2.24. The number of aliphatic imine (C=N–C) groups is 1. The lowest BCUT2D eigenvalue weighted by Gasteiger charge is -2.41. The van der Waals surface area contributed by atoms with Crippen LogP contribution in [0.1, 0.15) is 11.7 Å². The van der Waals surface area contributed by atoms with Gasteiger partial charge in [-0.3, -0.25) is 14.4 Å². The number of guanidine groups is 1. The van der Waals surface area contributed by atoms with Crippen LogP contribution in [0.25, 0.3) is 11.0 Å². The van der Waals surface area contributed by atoms with E-state index in [9.17, 15) is 0 Å². The van der Waals surface area contributed by atoms with Crippen LogP contribution < -0.4 is 19.7 Å². The molecular formula is C22H26N6O3. The van der Waals surface area contributed by atoms with Crippen LogP contribution in [0.4, 0.5) is 5.95 Å². The Kier molecular flexibility index (Phi) is 5.13. The summed E-state index contributed by atoms with van der Waals surface area (Å²) in [5.74, 6) is 3.15. The number of para-hydroxylation sites is 2. The van der Waals surface area contributed by atoms with Crippen molar-refractivity contribution in [2.45, 2.75) is 6.17 Å². The van der Waals surface area contributed by atoms with Crippen molar-refractivity contribution in [1.29, 1.82) is 0 Å². The van der Waals surface area contributed by atoms with Gasteiger partial charge in [-0.2, -0.15) is 0 Å². The van der Waals surface area contributed by atoms with Gasteiger partial charge >= 0.3 is 0 Å². The van der Waals surface area contributed by atoms with Crippen LogP contribution in [0.3, 0.4) is 0 Å². The summed E-state index contributed by atoms with van der Waals surface area (Å²) in [5, 5.41) is 3.62. The molecule has 0 bridgehead atoms. The largest absolute Gasteiger partial charge is 0.497 e. The number of fused-ring (bicyclic) bond motifs is 5. The topological polar surface area (TPSA) is 76.4 Å². The lowest BCUT2D eigenvalue weighted by atomic mass is 10.1. The lowest BCUT2D eigenvalue weighted by molar-refractivity contribution is 0.147. The van der Waals surface area contributed by atoms with E-state index < -0.39 is 0 Å².